The highest BCUT2D eigenvalue weighted by molar-refractivity contribution is 7.92. The quantitative estimate of drug-likeness (QED) is 0.653. The van der Waals surface area contributed by atoms with Crippen molar-refractivity contribution in [3.8, 4) is 0 Å². The van der Waals surface area contributed by atoms with E-state index in [1.54, 1.807) is 0 Å². The summed E-state index contributed by atoms with van der Waals surface area (Å²) in [6.07, 6.45) is 1.80. The van der Waals surface area contributed by atoms with E-state index < -0.39 is 31.1 Å². The zero-order chi connectivity index (χ0) is 14.8. The average Bonchev–Trinajstić information content (AvgIpc) is 2.10. The molecule has 0 heterocycles. The third-order valence-corrected chi connectivity index (χ3v) is 3.57. The van der Waals surface area contributed by atoms with Crippen molar-refractivity contribution in [3.05, 3.63) is 18.2 Å². The number of hydrogen-bond acceptors (Lipinski definition) is 5. The fraction of sp³-hybridized carbons (Fsp3) is 0.250. The fourth-order valence-electron chi connectivity index (χ4n) is 1.25. The second-order valence-corrected chi connectivity index (χ2v) is 8.21. The standard InChI is InChI=1S/C8H12N2O6S3/c1-18(13,14)9-6-3-7(10-19(2,15)16)5-8(4-6)17(11)12/h3-5,9-10H,1-2H3,(H,11,12). The molecule has 1 rings (SSSR count). The summed E-state index contributed by atoms with van der Waals surface area (Å²) in [4.78, 5) is -0.139. The van der Waals surface area contributed by atoms with E-state index in [-0.39, 0.29) is 16.3 Å². The van der Waals surface area contributed by atoms with E-state index >= 15 is 0 Å². The molecule has 0 spiro atoms. The Labute approximate surface area is 113 Å². The van der Waals surface area contributed by atoms with Crippen LogP contribution in [-0.4, -0.2) is 38.1 Å². The van der Waals surface area contributed by atoms with Gasteiger partial charge in [-0.15, -0.1) is 0 Å². The SMILES string of the molecule is CS(=O)(=O)Nc1cc(NS(C)(=O)=O)cc(S(=O)O)c1. The Balaban J connectivity index is 3.29. The summed E-state index contributed by atoms with van der Waals surface area (Å²) in [5, 5.41) is 0. The Hall–Kier alpha value is -1.17. The van der Waals surface area contributed by atoms with E-state index in [4.69, 9.17) is 4.55 Å². The highest BCUT2D eigenvalue weighted by atomic mass is 32.2. The van der Waals surface area contributed by atoms with E-state index in [9.17, 15) is 21.0 Å². The molecule has 0 aliphatic carbocycles. The average molecular weight is 328 g/mol. The van der Waals surface area contributed by atoms with Crippen molar-refractivity contribution in [3.63, 3.8) is 0 Å². The lowest BCUT2D eigenvalue weighted by molar-refractivity contribution is 0.564. The molecule has 11 heteroatoms. The van der Waals surface area contributed by atoms with Gasteiger partial charge in [-0.2, -0.15) is 0 Å². The van der Waals surface area contributed by atoms with Gasteiger partial charge in [-0.05, 0) is 18.2 Å². The number of hydrogen-bond donors (Lipinski definition) is 3. The highest BCUT2D eigenvalue weighted by Gasteiger charge is 2.11. The summed E-state index contributed by atoms with van der Waals surface area (Å²) >= 11 is -2.38. The summed E-state index contributed by atoms with van der Waals surface area (Å²) in [5.41, 5.74) is -0.0397. The summed E-state index contributed by atoms with van der Waals surface area (Å²) < 4.78 is 68.5. The van der Waals surface area contributed by atoms with Gasteiger partial charge in [-0.3, -0.25) is 9.44 Å². The molecule has 0 aromatic heterocycles. The highest BCUT2D eigenvalue weighted by Crippen LogP contribution is 2.22. The molecule has 1 aromatic rings. The Kier molecular flexibility index (Phi) is 4.55. The van der Waals surface area contributed by atoms with Gasteiger partial charge in [0, 0.05) is 0 Å². The minimum absolute atomic E-state index is 0.0199. The Morgan fingerprint density at radius 1 is 0.947 bits per heavy atom. The zero-order valence-electron chi connectivity index (χ0n) is 9.95. The van der Waals surface area contributed by atoms with Crippen LogP contribution in [0.1, 0.15) is 0 Å². The Morgan fingerprint density at radius 3 is 1.58 bits per heavy atom. The third-order valence-electron chi connectivity index (χ3n) is 1.71. The van der Waals surface area contributed by atoms with E-state index in [1.165, 1.54) is 6.07 Å². The Bertz CT molecular complexity index is 658. The van der Waals surface area contributed by atoms with Crippen LogP contribution in [0.3, 0.4) is 0 Å². The van der Waals surface area contributed by atoms with E-state index in [0.717, 1.165) is 24.6 Å². The molecule has 3 N–H and O–H groups in total. The van der Waals surface area contributed by atoms with Crippen LogP contribution in [0, 0.1) is 0 Å². The van der Waals surface area contributed by atoms with Crippen LogP contribution in [-0.2, 0) is 31.1 Å². The van der Waals surface area contributed by atoms with Crippen LogP contribution in [0.2, 0.25) is 0 Å². The van der Waals surface area contributed by atoms with Gasteiger partial charge in [0.15, 0.2) is 11.1 Å². The van der Waals surface area contributed by atoms with Gasteiger partial charge in [-0.1, -0.05) is 0 Å². The number of nitrogens with one attached hydrogen (secondary N) is 2. The molecule has 108 valence electrons. The summed E-state index contributed by atoms with van der Waals surface area (Å²) in [6.45, 7) is 0. The molecule has 0 saturated heterocycles. The van der Waals surface area contributed by atoms with Crippen LogP contribution in [0.15, 0.2) is 23.1 Å². The molecular weight excluding hydrogens is 316 g/mol. The number of sulfonamides is 2. The predicted octanol–water partition coefficient (Wildman–Crippen LogP) is 0.0102. The zero-order valence-corrected chi connectivity index (χ0v) is 12.4. The minimum Gasteiger partial charge on any atom is -0.302 e. The summed E-state index contributed by atoms with van der Waals surface area (Å²) in [5.74, 6) is 0. The predicted molar refractivity (Wildman–Crippen MR) is 72.4 cm³/mol. The summed E-state index contributed by atoms with van der Waals surface area (Å²) in [6, 6.07) is 3.45. The van der Waals surface area contributed by atoms with Gasteiger partial charge < -0.3 is 4.55 Å². The van der Waals surface area contributed by atoms with Gasteiger partial charge >= 0.3 is 0 Å². The first kappa shape index (κ1) is 15.9. The van der Waals surface area contributed by atoms with Crippen molar-refractivity contribution in [1.82, 2.24) is 0 Å². The van der Waals surface area contributed by atoms with Gasteiger partial charge in [-0.25, -0.2) is 21.0 Å². The van der Waals surface area contributed by atoms with Gasteiger partial charge in [0.1, 0.15) is 0 Å². The van der Waals surface area contributed by atoms with Crippen molar-refractivity contribution in [2.45, 2.75) is 4.90 Å². The first-order valence-electron chi connectivity index (χ1n) is 4.68. The molecule has 8 nitrogen and oxygen atoms in total. The second-order valence-electron chi connectivity index (χ2n) is 3.74. The van der Waals surface area contributed by atoms with Crippen molar-refractivity contribution < 1.29 is 25.6 Å². The molecule has 0 aliphatic heterocycles. The minimum atomic E-state index is -3.59. The van der Waals surface area contributed by atoms with E-state index in [2.05, 4.69) is 9.44 Å². The molecule has 1 aromatic carbocycles. The van der Waals surface area contributed by atoms with Crippen molar-refractivity contribution in [2.75, 3.05) is 22.0 Å². The molecule has 0 radical (unpaired) electrons. The largest absolute Gasteiger partial charge is 0.302 e. The first-order chi connectivity index (χ1) is 8.46. The van der Waals surface area contributed by atoms with Crippen LogP contribution < -0.4 is 9.44 Å². The second kappa shape index (κ2) is 5.45. The lowest BCUT2D eigenvalue weighted by Gasteiger charge is -2.09. The molecule has 0 bridgehead atoms. The van der Waals surface area contributed by atoms with Crippen LogP contribution >= 0.6 is 0 Å². The number of benzene rings is 1. The summed E-state index contributed by atoms with van der Waals surface area (Å²) in [7, 11) is -7.18. The molecule has 0 amide bonds. The maximum atomic E-state index is 11.1. The van der Waals surface area contributed by atoms with Crippen LogP contribution in [0.4, 0.5) is 11.4 Å². The molecule has 0 saturated carbocycles. The van der Waals surface area contributed by atoms with Gasteiger partial charge in [0.25, 0.3) is 0 Å². The van der Waals surface area contributed by atoms with Crippen LogP contribution in [0.25, 0.3) is 0 Å². The lowest BCUT2D eigenvalue weighted by atomic mass is 10.3. The maximum Gasteiger partial charge on any atom is 0.229 e. The topological polar surface area (TPSA) is 130 Å². The van der Waals surface area contributed by atoms with Crippen molar-refractivity contribution in [2.24, 2.45) is 0 Å². The molecule has 0 aliphatic rings. The lowest BCUT2D eigenvalue weighted by Crippen LogP contribution is -2.12. The monoisotopic (exact) mass is 328 g/mol. The normalized spacial score (nSPS) is 13.8. The number of rotatable bonds is 5. The van der Waals surface area contributed by atoms with Crippen LogP contribution in [0.5, 0.6) is 0 Å². The molecule has 0 fully saturated rings. The fourth-order valence-corrected chi connectivity index (χ4v) is 2.79. The van der Waals surface area contributed by atoms with E-state index in [0.29, 0.717) is 0 Å². The van der Waals surface area contributed by atoms with Gasteiger partial charge in [0.05, 0.1) is 28.8 Å². The molecule has 1 atom stereocenters. The number of anilines is 2. The van der Waals surface area contributed by atoms with Crippen molar-refractivity contribution >= 4 is 42.5 Å². The smallest absolute Gasteiger partial charge is 0.229 e. The third kappa shape index (κ3) is 6.00. The van der Waals surface area contributed by atoms with Crippen molar-refractivity contribution in [1.29, 1.82) is 0 Å². The molecular formula is C8H12N2O6S3. The Morgan fingerprint density at radius 2 is 1.32 bits per heavy atom. The van der Waals surface area contributed by atoms with E-state index in [1.807, 2.05) is 0 Å². The maximum absolute atomic E-state index is 11.1. The molecule has 1 unspecified atom stereocenters. The molecule has 19 heavy (non-hydrogen) atoms. The first-order valence-corrected chi connectivity index (χ1v) is 9.57. The van der Waals surface area contributed by atoms with Gasteiger partial charge in [0.2, 0.25) is 20.0 Å².